The van der Waals surface area contributed by atoms with Crippen LogP contribution in [0.2, 0.25) is 0 Å². The molecule has 28 heavy (non-hydrogen) atoms. The molecule has 1 aromatic carbocycles. The SMILES string of the molecule is COC(=O)Nc1ccc2c(c1)OC1C=C(S(=O)(=O)N[C@@H]([C-]=O)C(C)C)C=CC21. The Bertz CT molecular complexity index is 951. The number of benzene rings is 1. The Hall–Kier alpha value is -2.65. The van der Waals surface area contributed by atoms with Crippen molar-refractivity contribution in [2.24, 2.45) is 5.92 Å². The van der Waals surface area contributed by atoms with E-state index in [4.69, 9.17) is 4.74 Å². The number of carbonyl (C=O) groups is 1. The molecule has 2 unspecified atom stereocenters. The van der Waals surface area contributed by atoms with Gasteiger partial charge in [-0.05, 0) is 18.2 Å². The Morgan fingerprint density at radius 2 is 2.07 bits per heavy atom. The summed E-state index contributed by atoms with van der Waals surface area (Å²) in [5, 5.41) is 2.56. The maximum absolute atomic E-state index is 12.6. The molecular formula is C19H21N2O6S-. The van der Waals surface area contributed by atoms with Crippen molar-refractivity contribution in [1.82, 2.24) is 4.72 Å². The highest BCUT2D eigenvalue weighted by Gasteiger charge is 2.35. The summed E-state index contributed by atoms with van der Waals surface area (Å²) in [6.07, 6.45) is 5.40. The van der Waals surface area contributed by atoms with Gasteiger partial charge in [0.2, 0.25) is 10.0 Å². The highest BCUT2D eigenvalue weighted by Crippen LogP contribution is 2.43. The second-order valence-electron chi connectivity index (χ2n) is 6.87. The second kappa shape index (κ2) is 7.76. The summed E-state index contributed by atoms with van der Waals surface area (Å²) in [5.74, 6) is 0.193. The molecule has 1 amide bonds. The van der Waals surface area contributed by atoms with Crippen LogP contribution in [-0.2, 0) is 19.6 Å². The fraction of sp³-hybridized carbons (Fsp3) is 0.368. The molecule has 3 atom stereocenters. The van der Waals surface area contributed by atoms with Gasteiger partial charge in [0, 0.05) is 23.2 Å². The third-order valence-corrected chi connectivity index (χ3v) is 6.06. The number of amides is 1. The van der Waals surface area contributed by atoms with Crippen LogP contribution in [0.5, 0.6) is 5.75 Å². The van der Waals surface area contributed by atoms with Crippen molar-refractivity contribution in [3.63, 3.8) is 0 Å². The number of anilines is 1. The molecule has 1 aromatic rings. The van der Waals surface area contributed by atoms with Crippen LogP contribution in [0.25, 0.3) is 0 Å². The van der Waals surface area contributed by atoms with Gasteiger partial charge in [0.1, 0.15) is 11.9 Å². The quantitative estimate of drug-likeness (QED) is 0.702. The molecule has 1 heterocycles. The van der Waals surface area contributed by atoms with E-state index in [-0.39, 0.29) is 16.7 Å². The number of nitrogens with one attached hydrogen (secondary N) is 2. The van der Waals surface area contributed by atoms with Gasteiger partial charge in [-0.1, -0.05) is 37.9 Å². The number of allylic oxidation sites excluding steroid dienone is 1. The highest BCUT2D eigenvalue weighted by atomic mass is 32.2. The van der Waals surface area contributed by atoms with Crippen LogP contribution in [0.1, 0.15) is 25.3 Å². The largest absolute Gasteiger partial charge is 0.540 e. The zero-order chi connectivity index (χ0) is 20.5. The summed E-state index contributed by atoms with van der Waals surface area (Å²) >= 11 is 0. The average molecular weight is 405 g/mol. The monoisotopic (exact) mass is 405 g/mol. The lowest BCUT2D eigenvalue weighted by Crippen LogP contribution is -2.40. The number of rotatable bonds is 6. The molecule has 0 saturated carbocycles. The molecule has 1 aliphatic heterocycles. The zero-order valence-corrected chi connectivity index (χ0v) is 16.4. The minimum Gasteiger partial charge on any atom is -0.540 e. The van der Waals surface area contributed by atoms with Crippen molar-refractivity contribution < 1.29 is 27.5 Å². The Balaban J connectivity index is 1.80. The van der Waals surface area contributed by atoms with Gasteiger partial charge in [-0.25, -0.2) is 24.2 Å². The first-order chi connectivity index (χ1) is 13.2. The number of carbonyl (C=O) groups excluding carboxylic acids is 2. The fourth-order valence-electron chi connectivity index (χ4n) is 3.03. The maximum atomic E-state index is 12.6. The first-order valence-corrected chi connectivity index (χ1v) is 10.2. The summed E-state index contributed by atoms with van der Waals surface area (Å²) in [4.78, 5) is 22.4. The van der Waals surface area contributed by atoms with E-state index in [1.165, 1.54) is 19.3 Å². The van der Waals surface area contributed by atoms with Crippen molar-refractivity contribution in [3.05, 3.63) is 46.9 Å². The molecule has 0 bridgehead atoms. The zero-order valence-electron chi connectivity index (χ0n) is 15.6. The predicted molar refractivity (Wildman–Crippen MR) is 103 cm³/mol. The molecule has 2 aliphatic rings. The highest BCUT2D eigenvalue weighted by molar-refractivity contribution is 7.93. The fourth-order valence-corrected chi connectivity index (χ4v) is 4.39. The number of fused-ring (bicyclic) bond motifs is 3. The van der Waals surface area contributed by atoms with E-state index in [9.17, 15) is 18.0 Å². The first-order valence-electron chi connectivity index (χ1n) is 8.70. The lowest BCUT2D eigenvalue weighted by molar-refractivity contribution is 0.187. The van der Waals surface area contributed by atoms with Gasteiger partial charge < -0.3 is 14.3 Å². The molecule has 0 fully saturated rings. The van der Waals surface area contributed by atoms with Crippen molar-refractivity contribution in [2.75, 3.05) is 12.4 Å². The van der Waals surface area contributed by atoms with Crippen molar-refractivity contribution >= 4 is 28.1 Å². The molecule has 0 spiro atoms. The van der Waals surface area contributed by atoms with E-state index in [0.717, 1.165) is 5.56 Å². The third kappa shape index (κ3) is 3.95. The summed E-state index contributed by atoms with van der Waals surface area (Å²) in [6.45, 7) is 3.46. The smallest absolute Gasteiger partial charge is 0.411 e. The Kier molecular flexibility index (Phi) is 5.57. The van der Waals surface area contributed by atoms with Crippen LogP contribution >= 0.6 is 0 Å². The first kappa shape index (κ1) is 20.1. The second-order valence-corrected chi connectivity index (χ2v) is 8.58. The lowest BCUT2D eigenvalue weighted by atomic mass is 9.92. The Labute approximate surface area is 163 Å². The van der Waals surface area contributed by atoms with Gasteiger partial charge in [0.25, 0.3) is 0 Å². The maximum Gasteiger partial charge on any atom is 0.411 e. The van der Waals surface area contributed by atoms with Gasteiger partial charge in [0.05, 0.1) is 12.0 Å². The number of sulfonamides is 1. The molecular weight excluding hydrogens is 384 g/mol. The van der Waals surface area contributed by atoms with Crippen molar-refractivity contribution in [3.8, 4) is 5.75 Å². The van der Waals surface area contributed by atoms with Crippen LogP contribution in [0.4, 0.5) is 10.5 Å². The predicted octanol–water partition coefficient (Wildman–Crippen LogP) is 2.22. The standard InChI is InChI=1S/C19H21N2O6S/c1-11(2)16(10-22)21-28(24,25)13-5-7-15-14-6-4-12(20-19(23)26-3)8-17(14)27-18(15)9-13/h4-9,11,15-16,18,21H,1-3H3,(H,20,23)/q-1/t15?,16-,18?/m0/s1. The third-order valence-electron chi connectivity index (χ3n) is 4.60. The molecule has 2 N–H and O–H groups in total. The molecule has 0 aromatic heterocycles. The topological polar surface area (TPSA) is 111 Å². The Morgan fingerprint density at radius 1 is 1.32 bits per heavy atom. The van der Waals surface area contributed by atoms with Gasteiger partial charge in [-0.2, -0.15) is 0 Å². The van der Waals surface area contributed by atoms with Gasteiger partial charge >= 0.3 is 6.09 Å². The molecule has 0 saturated heterocycles. The molecule has 150 valence electrons. The normalized spacial score (nSPS) is 21.2. The lowest BCUT2D eigenvalue weighted by Gasteiger charge is -2.26. The minimum atomic E-state index is -3.88. The van der Waals surface area contributed by atoms with Gasteiger partial charge in [0.15, 0.2) is 0 Å². The summed E-state index contributed by atoms with van der Waals surface area (Å²) < 4.78 is 38.0. The van der Waals surface area contributed by atoms with Crippen molar-refractivity contribution in [1.29, 1.82) is 0 Å². The number of hydrogen-bond acceptors (Lipinski definition) is 6. The Morgan fingerprint density at radius 3 is 2.71 bits per heavy atom. The van der Waals surface area contributed by atoms with E-state index in [2.05, 4.69) is 14.8 Å². The van der Waals surface area contributed by atoms with E-state index in [0.29, 0.717) is 11.4 Å². The van der Waals surface area contributed by atoms with Crippen LogP contribution in [0, 0.1) is 5.92 Å². The minimum absolute atomic E-state index is 0.0374. The van der Waals surface area contributed by atoms with Gasteiger partial charge in [-0.15, -0.1) is 0 Å². The van der Waals surface area contributed by atoms with E-state index in [1.54, 1.807) is 38.3 Å². The van der Waals surface area contributed by atoms with Crippen LogP contribution in [0.15, 0.2) is 41.3 Å². The summed E-state index contributed by atoms with van der Waals surface area (Å²) in [7, 11) is -2.62. The van der Waals surface area contributed by atoms with Crippen LogP contribution in [-0.4, -0.2) is 40.1 Å². The molecule has 9 heteroatoms. The molecule has 0 radical (unpaired) electrons. The molecule has 3 rings (SSSR count). The van der Waals surface area contributed by atoms with Crippen LogP contribution < -0.4 is 14.8 Å². The molecule has 8 nitrogen and oxygen atoms in total. The van der Waals surface area contributed by atoms with Crippen LogP contribution in [0.3, 0.4) is 0 Å². The number of ether oxygens (including phenoxy) is 2. The number of hydrogen-bond donors (Lipinski definition) is 2. The van der Waals surface area contributed by atoms with E-state index < -0.39 is 28.3 Å². The van der Waals surface area contributed by atoms with E-state index >= 15 is 0 Å². The van der Waals surface area contributed by atoms with E-state index in [1.807, 2.05) is 6.07 Å². The summed E-state index contributed by atoms with van der Waals surface area (Å²) in [6, 6.07) is 4.28. The van der Waals surface area contributed by atoms with Crippen molar-refractivity contribution in [2.45, 2.75) is 31.9 Å². The average Bonchev–Trinajstić information content (AvgIpc) is 3.02. The van der Waals surface area contributed by atoms with Gasteiger partial charge in [-0.3, -0.25) is 5.32 Å². The summed E-state index contributed by atoms with van der Waals surface area (Å²) in [5.41, 5.74) is 1.40. The molecule has 1 aliphatic carbocycles. The number of methoxy groups -OCH3 is 1.